The number of halogens is 1. The minimum Gasteiger partial charge on any atom is -0.366 e. The summed E-state index contributed by atoms with van der Waals surface area (Å²) in [5, 5.41) is 12.2. The summed E-state index contributed by atoms with van der Waals surface area (Å²) in [6.07, 6.45) is 12.3. The van der Waals surface area contributed by atoms with Crippen LogP contribution in [-0.4, -0.2) is 44.1 Å². The third-order valence-corrected chi connectivity index (χ3v) is 8.22. The van der Waals surface area contributed by atoms with Gasteiger partial charge in [0.1, 0.15) is 23.8 Å². The van der Waals surface area contributed by atoms with Gasteiger partial charge in [0, 0.05) is 36.6 Å². The molecule has 2 fully saturated rings. The van der Waals surface area contributed by atoms with E-state index in [0.29, 0.717) is 28.7 Å². The molecule has 3 atom stereocenters. The van der Waals surface area contributed by atoms with Gasteiger partial charge in [0.05, 0.1) is 16.7 Å². The number of pyridine rings is 3. The van der Waals surface area contributed by atoms with Crippen LogP contribution < -0.4 is 16.0 Å². The first-order chi connectivity index (χ1) is 18.0. The molecule has 1 aliphatic carbocycles. The molecule has 0 bridgehead atoms. The van der Waals surface area contributed by atoms with Crippen LogP contribution in [0.2, 0.25) is 5.02 Å². The molecule has 1 saturated heterocycles. The fourth-order valence-corrected chi connectivity index (χ4v) is 5.81. The smallest absolute Gasteiger partial charge is 0.150 e. The molecule has 190 valence electrons. The van der Waals surface area contributed by atoms with Gasteiger partial charge in [-0.05, 0) is 78.5 Å². The van der Waals surface area contributed by atoms with Crippen LogP contribution in [0.1, 0.15) is 56.1 Å². The Hall–Kier alpha value is -3.36. The zero-order valence-corrected chi connectivity index (χ0v) is 21.8. The second-order valence-corrected chi connectivity index (χ2v) is 11.1. The third kappa shape index (κ3) is 4.71. The van der Waals surface area contributed by atoms with Gasteiger partial charge < -0.3 is 16.0 Å². The molecule has 2 unspecified atom stereocenters. The molecule has 9 heteroatoms. The Kier molecular flexibility index (Phi) is 6.38. The van der Waals surface area contributed by atoms with Crippen molar-refractivity contribution in [3.05, 3.63) is 71.5 Å². The largest absolute Gasteiger partial charge is 0.366 e. The molecule has 1 aliphatic heterocycles. The summed E-state index contributed by atoms with van der Waals surface area (Å²) in [5.74, 6) is 2.94. The van der Waals surface area contributed by atoms with Gasteiger partial charge in [0.25, 0.3) is 0 Å². The zero-order chi connectivity index (χ0) is 25.4. The molecule has 0 amide bonds. The normalized spacial score (nSPS) is 22.8. The Labute approximate surface area is 221 Å². The molecular formula is C28H31ClN8. The quantitative estimate of drug-likeness (QED) is 0.302. The Morgan fingerprint density at radius 2 is 1.86 bits per heavy atom. The highest BCUT2D eigenvalue weighted by molar-refractivity contribution is 6.33. The number of nitrogens with one attached hydrogen (secondary N) is 3. The zero-order valence-electron chi connectivity index (χ0n) is 21.1. The van der Waals surface area contributed by atoms with E-state index in [1.807, 2.05) is 30.7 Å². The van der Waals surface area contributed by atoms with Gasteiger partial charge >= 0.3 is 0 Å². The lowest BCUT2D eigenvalue weighted by molar-refractivity contribution is 0.236. The van der Waals surface area contributed by atoms with Crippen molar-refractivity contribution in [1.29, 1.82) is 0 Å². The minimum absolute atomic E-state index is 0.124. The van der Waals surface area contributed by atoms with Gasteiger partial charge in [-0.2, -0.15) is 0 Å². The molecule has 3 N–H and O–H groups in total. The first-order valence-corrected chi connectivity index (χ1v) is 13.3. The van der Waals surface area contributed by atoms with Crippen LogP contribution in [0.15, 0.2) is 55.4 Å². The molecule has 8 nitrogen and oxygen atoms in total. The summed E-state index contributed by atoms with van der Waals surface area (Å²) >= 11 is 6.29. The summed E-state index contributed by atoms with van der Waals surface area (Å²) in [5.41, 5.74) is 3.46. The van der Waals surface area contributed by atoms with E-state index in [-0.39, 0.29) is 5.41 Å². The van der Waals surface area contributed by atoms with Crippen molar-refractivity contribution in [2.75, 3.05) is 23.7 Å². The highest BCUT2D eigenvalue weighted by Gasteiger charge is 2.37. The average Bonchev–Trinajstić information content (AvgIpc) is 2.86. The van der Waals surface area contributed by atoms with Crippen LogP contribution in [0.5, 0.6) is 0 Å². The highest BCUT2D eigenvalue weighted by atomic mass is 35.5. The fourth-order valence-electron chi connectivity index (χ4n) is 5.64. The van der Waals surface area contributed by atoms with E-state index in [4.69, 9.17) is 16.6 Å². The number of rotatable bonds is 6. The summed E-state index contributed by atoms with van der Waals surface area (Å²) in [6.45, 7) is 6.59. The number of aromatic nitrogens is 5. The second kappa shape index (κ2) is 9.84. The van der Waals surface area contributed by atoms with E-state index in [1.54, 1.807) is 12.5 Å². The highest BCUT2D eigenvalue weighted by Crippen LogP contribution is 2.51. The molecule has 37 heavy (non-hydrogen) atoms. The Morgan fingerprint density at radius 3 is 2.68 bits per heavy atom. The van der Waals surface area contributed by atoms with E-state index in [1.165, 1.54) is 11.1 Å². The third-order valence-electron chi connectivity index (χ3n) is 7.91. The van der Waals surface area contributed by atoms with Gasteiger partial charge in [0.15, 0.2) is 0 Å². The molecule has 2 aliphatic rings. The topological polar surface area (TPSA) is 101 Å². The van der Waals surface area contributed by atoms with Gasteiger partial charge in [0.2, 0.25) is 0 Å². The molecule has 4 aromatic rings. The van der Waals surface area contributed by atoms with Crippen LogP contribution in [-0.2, 0) is 0 Å². The van der Waals surface area contributed by atoms with Crippen LogP contribution in [0.4, 0.5) is 17.5 Å². The Bertz CT molecular complexity index is 1420. The maximum atomic E-state index is 6.29. The lowest BCUT2D eigenvalue weighted by Crippen LogP contribution is -2.49. The van der Waals surface area contributed by atoms with Crippen molar-refractivity contribution < 1.29 is 0 Å². The van der Waals surface area contributed by atoms with Crippen LogP contribution >= 0.6 is 11.6 Å². The van der Waals surface area contributed by atoms with Crippen molar-refractivity contribution in [1.82, 2.24) is 30.2 Å². The maximum absolute atomic E-state index is 6.29. The van der Waals surface area contributed by atoms with Gasteiger partial charge in [-0.25, -0.2) is 19.9 Å². The van der Waals surface area contributed by atoms with E-state index >= 15 is 0 Å². The van der Waals surface area contributed by atoms with Crippen molar-refractivity contribution in [2.24, 2.45) is 5.41 Å². The fraction of sp³-hybridized carbons (Fsp3) is 0.393. The molecule has 6 rings (SSSR count). The molecule has 0 spiro atoms. The monoisotopic (exact) mass is 514 g/mol. The number of fused-ring (bicyclic) bond motifs is 1. The second-order valence-electron chi connectivity index (χ2n) is 10.7. The van der Waals surface area contributed by atoms with Crippen molar-refractivity contribution in [2.45, 2.75) is 51.0 Å². The van der Waals surface area contributed by atoms with Crippen LogP contribution in [0.25, 0.3) is 10.9 Å². The molecule has 4 aromatic heterocycles. The maximum Gasteiger partial charge on any atom is 0.150 e. The number of piperidine rings is 1. The van der Waals surface area contributed by atoms with E-state index in [9.17, 15) is 0 Å². The first-order valence-electron chi connectivity index (χ1n) is 12.9. The number of hydrogen-bond acceptors (Lipinski definition) is 8. The number of nitrogens with zero attached hydrogens (tertiary/aromatic N) is 5. The van der Waals surface area contributed by atoms with Crippen molar-refractivity contribution in [3.8, 4) is 0 Å². The van der Waals surface area contributed by atoms with E-state index in [2.05, 4.69) is 61.9 Å². The van der Waals surface area contributed by atoms with Crippen molar-refractivity contribution in [3.63, 3.8) is 0 Å². The molecule has 5 heterocycles. The number of hydrogen-bond donors (Lipinski definition) is 3. The van der Waals surface area contributed by atoms with Crippen molar-refractivity contribution >= 4 is 40.0 Å². The average molecular weight is 515 g/mol. The predicted octanol–water partition coefficient (Wildman–Crippen LogP) is 5.67. The summed E-state index contributed by atoms with van der Waals surface area (Å²) < 4.78 is 0. The lowest BCUT2D eigenvalue weighted by Gasteiger charge is -2.40. The summed E-state index contributed by atoms with van der Waals surface area (Å²) in [6, 6.07) is 8.17. The lowest BCUT2D eigenvalue weighted by atomic mass is 9.66. The molecular weight excluding hydrogens is 484 g/mol. The minimum atomic E-state index is 0.124. The van der Waals surface area contributed by atoms with Crippen LogP contribution in [0.3, 0.4) is 0 Å². The first kappa shape index (κ1) is 24.0. The molecule has 0 radical (unpaired) electrons. The molecule has 1 saturated carbocycles. The predicted molar refractivity (Wildman–Crippen MR) is 147 cm³/mol. The Morgan fingerprint density at radius 1 is 0.973 bits per heavy atom. The van der Waals surface area contributed by atoms with E-state index in [0.717, 1.165) is 54.9 Å². The summed E-state index contributed by atoms with van der Waals surface area (Å²) in [4.78, 5) is 22.7. The van der Waals surface area contributed by atoms with Gasteiger partial charge in [-0.1, -0.05) is 25.4 Å². The number of anilines is 3. The Balaban J connectivity index is 1.31. The van der Waals surface area contributed by atoms with Gasteiger partial charge in [-0.15, -0.1) is 0 Å². The SMILES string of the molecule is CC1(C)CNCC[C@@H]1Nc1ncnc2cncc(C3CCC3c3ccnc(Nc4ncccc4Cl)c3)c12. The van der Waals surface area contributed by atoms with Crippen LogP contribution in [0, 0.1) is 5.41 Å². The van der Waals surface area contributed by atoms with E-state index < -0.39 is 0 Å². The molecule has 0 aromatic carbocycles. The standard InChI is InChI=1S/C28H31ClN8/c1-28(2)15-30-10-8-23(28)36-27-25-20(13-31-14-22(25)34-16-35-27)19-6-5-18(19)17-7-11-32-24(12-17)37-26-21(29)4-3-9-33-26/h3-4,7,9,11-14,16,18-19,23,30H,5-6,8,10,15H2,1-2H3,(H,32,33,37)(H,34,35,36)/t18?,19?,23-/m0/s1. The summed E-state index contributed by atoms with van der Waals surface area (Å²) in [7, 11) is 0. The van der Waals surface area contributed by atoms with Gasteiger partial charge in [-0.3, -0.25) is 4.98 Å².